The number of thiazole rings is 1. The van der Waals surface area contributed by atoms with Gasteiger partial charge in [0.05, 0.1) is 12.3 Å². The molecule has 5 heteroatoms. The van der Waals surface area contributed by atoms with E-state index in [1.165, 1.54) is 30.6 Å². The highest BCUT2D eigenvalue weighted by Crippen LogP contribution is 2.33. The fourth-order valence-electron chi connectivity index (χ4n) is 2.21. The number of hydrogen-bond donors (Lipinski definition) is 1. The molecule has 0 amide bonds. The van der Waals surface area contributed by atoms with Gasteiger partial charge in [-0.25, -0.2) is 4.98 Å². The molecular formula is C14H23N3OS. The van der Waals surface area contributed by atoms with Crippen LogP contribution in [0.2, 0.25) is 0 Å². The molecule has 2 aliphatic rings. The Labute approximate surface area is 119 Å². The predicted octanol–water partition coefficient (Wildman–Crippen LogP) is 2.39. The second-order valence-electron chi connectivity index (χ2n) is 5.78. The first kappa shape index (κ1) is 13.3. The smallest absolute Gasteiger partial charge is 0.185 e. The van der Waals surface area contributed by atoms with E-state index in [1.54, 1.807) is 7.11 Å². The molecule has 0 spiro atoms. The van der Waals surface area contributed by atoms with Crippen molar-refractivity contribution in [2.75, 3.05) is 25.6 Å². The Bertz CT molecular complexity index is 426. The lowest BCUT2D eigenvalue weighted by atomic mass is 10.3. The molecule has 3 rings (SSSR count). The van der Waals surface area contributed by atoms with Gasteiger partial charge < -0.3 is 15.0 Å². The number of aromatic nitrogens is 1. The fraction of sp³-hybridized carbons (Fsp3) is 0.786. The van der Waals surface area contributed by atoms with Gasteiger partial charge in [-0.2, -0.15) is 0 Å². The standard InChI is InChI=1S/C14H23N3OS/c1-17(8-10-3-4-10)14-16-12(9-18-2)13(19-14)7-15-11-5-6-11/h10-11,15H,3-9H2,1-2H3. The molecule has 1 heterocycles. The van der Waals surface area contributed by atoms with E-state index in [4.69, 9.17) is 9.72 Å². The van der Waals surface area contributed by atoms with E-state index in [0.717, 1.165) is 35.9 Å². The molecular weight excluding hydrogens is 258 g/mol. The van der Waals surface area contributed by atoms with Gasteiger partial charge in [-0.3, -0.25) is 0 Å². The zero-order chi connectivity index (χ0) is 13.2. The maximum absolute atomic E-state index is 5.28. The van der Waals surface area contributed by atoms with Gasteiger partial charge in [0.15, 0.2) is 5.13 Å². The number of rotatable bonds is 8. The molecule has 0 aliphatic heterocycles. The van der Waals surface area contributed by atoms with Crippen molar-refractivity contribution in [1.82, 2.24) is 10.3 Å². The zero-order valence-corrected chi connectivity index (χ0v) is 12.6. The number of nitrogens with one attached hydrogen (secondary N) is 1. The zero-order valence-electron chi connectivity index (χ0n) is 11.8. The third-order valence-corrected chi connectivity index (χ3v) is 4.94. The lowest BCUT2D eigenvalue weighted by Crippen LogP contribution is -2.19. The Kier molecular flexibility index (Phi) is 4.05. The van der Waals surface area contributed by atoms with Gasteiger partial charge in [0.25, 0.3) is 0 Å². The van der Waals surface area contributed by atoms with Crippen molar-refractivity contribution in [1.29, 1.82) is 0 Å². The van der Waals surface area contributed by atoms with Crippen molar-refractivity contribution in [2.24, 2.45) is 5.92 Å². The van der Waals surface area contributed by atoms with E-state index in [9.17, 15) is 0 Å². The van der Waals surface area contributed by atoms with Crippen molar-refractivity contribution < 1.29 is 4.74 Å². The predicted molar refractivity (Wildman–Crippen MR) is 78.7 cm³/mol. The van der Waals surface area contributed by atoms with Crippen LogP contribution in [0.5, 0.6) is 0 Å². The summed E-state index contributed by atoms with van der Waals surface area (Å²) in [5.74, 6) is 0.896. The van der Waals surface area contributed by atoms with E-state index in [0.29, 0.717) is 6.61 Å². The minimum absolute atomic E-state index is 0.620. The maximum Gasteiger partial charge on any atom is 0.185 e. The number of nitrogens with zero attached hydrogens (tertiary/aromatic N) is 2. The van der Waals surface area contributed by atoms with Crippen molar-refractivity contribution in [3.8, 4) is 0 Å². The van der Waals surface area contributed by atoms with Crippen LogP contribution in [-0.4, -0.2) is 31.7 Å². The average molecular weight is 281 g/mol. The third-order valence-electron chi connectivity index (χ3n) is 3.73. The third kappa shape index (κ3) is 3.68. The molecule has 0 unspecified atom stereocenters. The van der Waals surface area contributed by atoms with Crippen LogP contribution >= 0.6 is 11.3 Å². The van der Waals surface area contributed by atoms with Crippen LogP contribution in [0.25, 0.3) is 0 Å². The summed E-state index contributed by atoms with van der Waals surface area (Å²) >= 11 is 1.82. The number of anilines is 1. The van der Waals surface area contributed by atoms with E-state index >= 15 is 0 Å². The molecule has 0 bridgehead atoms. The molecule has 1 aromatic heterocycles. The minimum atomic E-state index is 0.620. The molecule has 2 aliphatic carbocycles. The first-order valence-corrected chi connectivity index (χ1v) is 8.00. The molecule has 4 nitrogen and oxygen atoms in total. The van der Waals surface area contributed by atoms with Crippen molar-refractivity contribution in [3.63, 3.8) is 0 Å². The number of methoxy groups -OCH3 is 1. The molecule has 2 saturated carbocycles. The number of ether oxygens (including phenoxy) is 1. The molecule has 1 aromatic rings. The Morgan fingerprint density at radius 3 is 2.79 bits per heavy atom. The van der Waals surface area contributed by atoms with Gasteiger partial charge >= 0.3 is 0 Å². The fourth-order valence-corrected chi connectivity index (χ4v) is 3.20. The highest BCUT2D eigenvalue weighted by molar-refractivity contribution is 7.15. The molecule has 0 aromatic carbocycles. The van der Waals surface area contributed by atoms with Crippen LogP contribution < -0.4 is 10.2 Å². The molecule has 0 saturated heterocycles. The minimum Gasteiger partial charge on any atom is -0.378 e. The Morgan fingerprint density at radius 2 is 2.16 bits per heavy atom. The van der Waals surface area contributed by atoms with Crippen molar-refractivity contribution in [2.45, 2.75) is 44.9 Å². The van der Waals surface area contributed by atoms with E-state index in [2.05, 4.69) is 17.3 Å². The van der Waals surface area contributed by atoms with Crippen LogP contribution in [0.1, 0.15) is 36.3 Å². The van der Waals surface area contributed by atoms with E-state index < -0.39 is 0 Å². The second-order valence-corrected chi connectivity index (χ2v) is 6.84. The monoisotopic (exact) mass is 281 g/mol. The molecule has 0 radical (unpaired) electrons. The summed E-state index contributed by atoms with van der Waals surface area (Å²) in [6.07, 6.45) is 5.42. The summed E-state index contributed by atoms with van der Waals surface area (Å²) < 4.78 is 5.28. The Hall–Kier alpha value is -0.650. The summed E-state index contributed by atoms with van der Waals surface area (Å²) in [6.45, 7) is 2.71. The first-order valence-electron chi connectivity index (χ1n) is 7.18. The van der Waals surface area contributed by atoms with Gasteiger partial charge in [-0.05, 0) is 31.6 Å². The summed E-state index contributed by atoms with van der Waals surface area (Å²) in [6, 6.07) is 0.741. The Balaban J connectivity index is 1.66. The van der Waals surface area contributed by atoms with Crippen LogP contribution in [0.3, 0.4) is 0 Å². The molecule has 2 fully saturated rings. The van der Waals surface area contributed by atoms with E-state index in [1.807, 2.05) is 11.3 Å². The van der Waals surface area contributed by atoms with Crippen LogP contribution in [0.15, 0.2) is 0 Å². The first-order chi connectivity index (χ1) is 9.26. The molecule has 19 heavy (non-hydrogen) atoms. The van der Waals surface area contributed by atoms with E-state index in [-0.39, 0.29) is 0 Å². The lowest BCUT2D eigenvalue weighted by molar-refractivity contribution is 0.181. The van der Waals surface area contributed by atoms with Crippen molar-refractivity contribution in [3.05, 3.63) is 10.6 Å². The largest absolute Gasteiger partial charge is 0.378 e. The van der Waals surface area contributed by atoms with Crippen molar-refractivity contribution >= 4 is 16.5 Å². The van der Waals surface area contributed by atoms with Crippen LogP contribution in [0.4, 0.5) is 5.13 Å². The van der Waals surface area contributed by atoms with Gasteiger partial charge in [-0.15, -0.1) is 11.3 Å². The van der Waals surface area contributed by atoms with Crippen LogP contribution in [-0.2, 0) is 17.9 Å². The summed E-state index contributed by atoms with van der Waals surface area (Å²) in [5.41, 5.74) is 1.11. The van der Waals surface area contributed by atoms with Gasteiger partial charge in [-0.1, -0.05) is 0 Å². The summed E-state index contributed by atoms with van der Waals surface area (Å²) in [5, 5.41) is 4.72. The molecule has 106 valence electrons. The van der Waals surface area contributed by atoms with Gasteiger partial charge in [0, 0.05) is 38.2 Å². The topological polar surface area (TPSA) is 37.4 Å². The van der Waals surface area contributed by atoms with Gasteiger partial charge in [0.1, 0.15) is 0 Å². The molecule has 0 atom stereocenters. The highest BCUT2D eigenvalue weighted by Gasteiger charge is 2.25. The normalized spacial score (nSPS) is 18.8. The number of hydrogen-bond acceptors (Lipinski definition) is 5. The lowest BCUT2D eigenvalue weighted by Gasteiger charge is -2.14. The quantitative estimate of drug-likeness (QED) is 0.794. The molecule has 1 N–H and O–H groups in total. The average Bonchev–Trinajstić information content (AvgIpc) is 3.30. The highest BCUT2D eigenvalue weighted by atomic mass is 32.1. The Morgan fingerprint density at radius 1 is 1.37 bits per heavy atom. The summed E-state index contributed by atoms with van der Waals surface area (Å²) in [7, 11) is 3.90. The van der Waals surface area contributed by atoms with Gasteiger partial charge in [0.2, 0.25) is 0 Å². The summed E-state index contributed by atoms with van der Waals surface area (Å²) in [4.78, 5) is 8.41. The van der Waals surface area contributed by atoms with Crippen LogP contribution in [0, 0.1) is 5.92 Å². The maximum atomic E-state index is 5.28. The SMILES string of the molecule is COCc1nc(N(C)CC2CC2)sc1CNC1CC1. The second kappa shape index (κ2) is 5.77.